The van der Waals surface area contributed by atoms with E-state index in [-0.39, 0.29) is 23.9 Å². The van der Waals surface area contributed by atoms with Crippen LogP contribution < -0.4 is 10.6 Å². The van der Waals surface area contributed by atoms with Crippen molar-refractivity contribution in [3.8, 4) is 0 Å². The second kappa shape index (κ2) is 10.2. The van der Waals surface area contributed by atoms with E-state index < -0.39 is 23.2 Å². The van der Waals surface area contributed by atoms with E-state index in [1.807, 2.05) is 75.5 Å². The molecule has 3 heterocycles. The van der Waals surface area contributed by atoms with Gasteiger partial charge >= 0.3 is 6.09 Å². The van der Waals surface area contributed by atoms with Crippen LogP contribution in [0.15, 0.2) is 36.5 Å². The number of nitrogens with one attached hydrogen (secondary N) is 2. The van der Waals surface area contributed by atoms with Crippen molar-refractivity contribution in [3.63, 3.8) is 0 Å². The van der Waals surface area contributed by atoms with Crippen LogP contribution in [0.5, 0.6) is 0 Å². The maximum Gasteiger partial charge on any atom is 0.408 e. The summed E-state index contributed by atoms with van der Waals surface area (Å²) in [5, 5.41) is 15.2. The van der Waals surface area contributed by atoms with Gasteiger partial charge < -0.3 is 20.3 Å². The van der Waals surface area contributed by atoms with E-state index in [1.54, 1.807) is 0 Å². The van der Waals surface area contributed by atoms with Crippen LogP contribution in [0.25, 0.3) is 0 Å². The topological polar surface area (TPSA) is 101 Å². The number of hydrogen-bond donors (Lipinski definition) is 2. The lowest BCUT2D eigenvalue weighted by Crippen LogP contribution is -2.57. The fraction of sp³-hybridized carbons (Fsp3) is 0.630. The van der Waals surface area contributed by atoms with Crippen molar-refractivity contribution in [2.45, 2.75) is 84.7 Å². The normalized spacial score (nSPS) is 22.8. The molecule has 0 aliphatic carbocycles. The van der Waals surface area contributed by atoms with Crippen molar-refractivity contribution in [2.75, 3.05) is 13.1 Å². The highest BCUT2D eigenvalue weighted by Crippen LogP contribution is 2.33. The molecule has 2 amide bonds. The predicted octanol–water partition coefficient (Wildman–Crippen LogP) is 3.00. The van der Waals surface area contributed by atoms with Crippen LogP contribution in [0.4, 0.5) is 4.79 Å². The fourth-order valence-corrected chi connectivity index (χ4v) is 5.27. The number of nitrogens with zero attached hydrogens (tertiary/aromatic N) is 4. The molecule has 0 unspecified atom stereocenters. The van der Waals surface area contributed by atoms with Gasteiger partial charge in [0.1, 0.15) is 11.6 Å². The summed E-state index contributed by atoms with van der Waals surface area (Å²) in [6.07, 6.45) is 3.07. The van der Waals surface area contributed by atoms with Crippen LogP contribution in [0.2, 0.25) is 0 Å². The summed E-state index contributed by atoms with van der Waals surface area (Å²) in [7, 11) is 0. The van der Waals surface area contributed by atoms with E-state index in [0.29, 0.717) is 13.1 Å². The highest BCUT2D eigenvalue weighted by molar-refractivity contribution is 5.87. The zero-order valence-corrected chi connectivity index (χ0v) is 22.3. The van der Waals surface area contributed by atoms with Crippen molar-refractivity contribution in [1.82, 2.24) is 30.5 Å². The second-order valence-electron chi connectivity index (χ2n) is 12.1. The third-order valence-electron chi connectivity index (χ3n) is 6.87. The Morgan fingerprint density at radius 1 is 1.17 bits per heavy atom. The van der Waals surface area contributed by atoms with Gasteiger partial charge in [-0.25, -0.2) is 4.79 Å². The lowest BCUT2D eigenvalue weighted by Gasteiger charge is -2.37. The van der Waals surface area contributed by atoms with Gasteiger partial charge in [0.05, 0.1) is 11.7 Å². The molecule has 2 aliphatic heterocycles. The van der Waals surface area contributed by atoms with E-state index in [1.165, 1.54) is 5.56 Å². The van der Waals surface area contributed by atoms with Gasteiger partial charge in [-0.1, -0.05) is 56.3 Å². The SMILES string of the molecule is CC(C)(C)OC(=O)N[C@H](C(=O)N1CC[C@H]2NC[C@H](Cn3cc(Cc4ccccc4)nn3)[C@H]21)C(C)(C)C. The summed E-state index contributed by atoms with van der Waals surface area (Å²) in [5.41, 5.74) is 1.03. The molecule has 9 heteroatoms. The smallest absolute Gasteiger partial charge is 0.408 e. The van der Waals surface area contributed by atoms with Gasteiger partial charge in [-0.15, -0.1) is 5.10 Å². The van der Waals surface area contributed by atoms with Gasteiger partial charge in [0.15, 0.2) is 0 Å². The average molecular weight is 497 g/mol. The van der Waals surface area contributed by atoms with Crippen LogP contribution >= 0.6 is 0 Å². The lowest BCUT2D eigenvalue weighted by atomic mass is 9.85. The van der Waals surface area contributed by atoms with Gasteiger partial charge in [-0.3, -0.25) is 9.48 Å². The number of carbonyl (C=O) groups excluding carboxylic acids is 2. The Bertz CT molecular complexity index is 1060. The molecular weight excluding hydrogens is 456 g/mol. The number of fused-ring (bicyclic) bond motifs is 1. The number of likely N-dealkylation sites (tertiary alicyclic amines) is 1. The molecule has 0 radical (unpaired) electrons. The third kappa shape index (κ3) is 6.24. The highest BCUT2D eigenvalue weighted by Gasteiger charge is 2.49. The molecule has 36 heavy (non-hydrogen) atoms. The van der Waals surface area contributed by atoms with E-state index in [2.05, 4.69) is 33.1 Å². The first-order valence-electron chi connectivity index (χ1n) is 12.9. The first kappa shape index (κ1) is 26.1. The minimum atomic E-state index is -0.684. The summed E-state index contributed by atoms with van der Waals surface area (Å²) < 4.78 is 7.35. The number of ether oxygens (including phenoxy) is 1. The molecule has 0 bridgehead atoms. The van der Waals surface area contributed by atoms with E-state index >= 15 is 0 Å². The Balaban J connectivity index is 1.45. The Morgan fingerprint density at radius 2 is 1.89 bits per heavy atom. The number of amides is 2. The minimum Gasteiger partial charge on any atom is -0.444 e. The highest BCUT2D eigenvalue weighted by atomic mass is 16.6. The van der Waals surface area contributed by atoms with Gasteiger partial charge in [0, 0.05) is 44.2 Å². The molecule has 196 valence electrons. The maximum absolute atomic E-state index is 13.8. The number of hydrogen-bond acceptors (Lipinski definition) is 6. The van der Waals surface area contributed by atoms with Crippen LogP contribution in [0.1, 0.15) is 59.2 Å². The number of benzene rings is 1. The summed E-state index contributed by atoms with van der Waals surface area (Å²) in [6.45, 7) is 13.5. The fourth-order valence-electron chi connectivity index (χ4n) is 5.27. The lowest BCUT2D eigenvalue weighted by molar-refractivity contribution is -0.137. The quantitative estimate of drug-likeness (QED) is 0.638. The monoisotopic (exact) mass is 496 g/mol. The van der Waals surface area contributed by atoms with Crippen molar-refractivity contribution in [1.29, 1.82) is 0 Å². The molecule has 0 spiro atoms. The third-order valence-corrected chi connectivity index (χ3v) is 6.87. The molecule has 2 aliphatic rings. The molecule has 4 rings (SSSR count). The molecule has 9 nitrogen and oxygen atoms in total. The van der Waals surface area contributed by atoms with Gasteiger partial charge in [-0.05, 0) is 38.2 Å². The molecule has 2 N–H and O–H groups in total. The largest absolute Gasteiger partial charge is 0.444 e. The molecule has 0 saturated carbocycles. The number of alkyl carbamates (subject to hydrolysis) is 1. The first-order chi connectivity index (χ1) is 16.9. The standard InChI is InChI=1S/C27H40N6O3/c1-26(2,3)23(29-25(35)36-27(4,5)6)24(34)33-13-12-21-22(33)19(15-28-21)16-32-17-20(30-31-32)14-18-10-8-7-9-11-18/h7-11,17,19,21-23,28H,12-16H2,1-6H3,(H,29,35)/t19-,21-,22-,23-/m1/s1. The zero-order chi connectivity index (χ0) is 26.1. The van der Waals surface area contributed by atoms with Crippen molar-refractivity contribution < 1.29 is 14.3 Å². The Hall–Kier alpha value is -2.94. The van der Waals surface area contributed by atoms with Crippen molar-refractivity contribution in [3.05, 3.63) is 47.8 Å². The van der Waals surface area contributed by atoms with Gasteiger partial charge in [0.2, 0.25) is 5.91 Å². The van der Waals surface area contributed by atoms with Gasteiger partial charge in [-0.2, -0.15) is 0 Å². The second-order valence-corrected chi connectivity index (χ2v) is 12.1. The van der Waals surface area contributed by atoms with Crippen LogP contribution in [0, 0.1) is 11.3 Å². The predicted molar refractivity (Wildman–Crippen MR) is 137 cm³/mol. The van der Waals surface area contributed by atoms with Gasteiger partial charge in [0.25, 0.3) is 0 Å². The van der Waals surface area contributed by atoms with Crippen LogP contribution in [0.3, 0.4) is 0 Å². The Morgan fingerprint density at radius 3 is 2.56 bits per heavy atom. The maximum atomic E-state index is 13.8. The molecule has 2 saturated heterocycles. The van der Waals surface area contributed by atoms with Crippen LogP contribution in [-0.2, 0) is 22.5 Å². The van der Waals surface area contributed by atoms with E-state index in [4.69, 9.17) is 4.74 Å². The zero-order valence-electron chi connectivity index (χ0n) is 22.3. The molecule has 2 fully saturated rings. The van der Waals surface area contributed by atoms with Crippen molar-refractivity contribution in [2.24, 2.45) is 11.3 Å². The number of rotatable bonds is 6. The van der Waals surface area contributed by atoms with Crippen LogP contribution in [-0.4, -0.2) is 68.7 Å². The molecular formula is C27H40N6O3. The Kier molecular flexibility index (Phi) is 7.41. The number of carbonyl (C=O) groups is 2. The number of aromatic nitrogens is 3. The summed E-state index contributed by atoms with van der Waals surface area (Å²) in [4.78, 5) is 28.4. The molecule has 2 aromatic rings. The first-order valence-corrected chi connectivity index (χ1v) is 12.9. The van der Waals surface area contributed by atoms with Crippen molar-refractivity contribution >= 4 is 12.0 Å². The Labute approximate surface area is 214 Å². The summed E-state index contributed by atoms with van der Waals surface area (Å²) >= 11 is 0. The van der Waals surface area contributed by atoms with E-state index in [0.717, 1.165) is 25.1 Å². The molecule has 4 atom stereocenters. The summed E-state index contributed by atoms with van der Waals surface area (Å²) in [5.74, 6) is 0.146. The summed E-state index contributed by atoms with van der Waals surface area (Å²) in [6, 6.07) is 9.84. The van der Waals surface area contributed by atoms with E-state index in [9.17, 15) is 9.59 Å². The molecule has 1 aromatic carbocycles. The minimum absolute atomic E-state index is 0.0459. The average Bonchev–Trinajstić information content (AvgIpc) is 3.49. The molecule has 1 aromatic heterocycles.